The summed E-state index contributed by atoms with van der Waals surface area (Å²) in [6.07, 6.45) is 5.17. The number of fused-ring (bicyclic) bond motifs is 1. The van der Waals surface area contributed by atoms with Crippen molar-refractivity contribution in [2.24, 2.45) is 11.8 Å². The van der Waals surface area contributed by atoms with Crippen LogP contribution in [0.3, 0.4) is 0 Å². The third-order valence-electron chi connectivity index (χ3n) is 5.65. The second kappa shape index (κ2) is 9.80. The van der Waals surface area contributed by atoms with E-state index in [1.807, 2.05) is 23.1 Å². The molecule has 1 aromatic carbocycles. The molecule has 154 valence electrons. The molecule has 1 N–H and O–H groups in total. The van der Waals surface area contributed by atoms with E-state index in [2.05, 4.69) is 19.2 Å². The van der Waals surface area contributed by atoms with Crippen LogP contribution in [0, 0.1) is 11.8 Å². The van der Waals surface area contributed by atoms with Crippen molar-refractivity contribution in [3.63, 3.8) is 0 Å². The lowest BCUT2D eigenvalue weighted by Crippen LogP contribution is -2.40. The summed E-state index contributed by atoms with van der Waals surface area (Å²) in [6.45, 7) is 6.62. The summed E-state index contributed by atoms with van der Waals surface area (Å²) in [5.41, 5.74) is 0.997. The van der Waals surface area contributed by atoms with E-state index in [9.17, 15) is 9.59 Å². The Morgan fingerprint density at radius 3 is 2.32 bits per heavy atom. The maximum Gasteiger partial charge on any atom is 0.231 e. The summed E-state index contributed by atoms with van der Waals surface area (Å²) >= 11 is 0. The molecule has 0 radical (unpaired) electrons. The summed E-state index contributed by atoms with van der Waals surface area (Å²) in [5, 5.41) is 3.04. The fraction of sp³-hybridized carbons (Fsp3) is 0.636. The van der Waals surface area contributed by atoms with Gasteiger partial charge in [0.2, 0.25) is 18.6 Å². The first kappa shape index (κ1) is 20.5. The summed E-state index contributed by atoms with van der Waals surface area (Å²) in [5.74, 6) is 1.93. The monoisotopic (exact) mass is 388 g/mol. The number of nitrogens with zero attached hydrogens (tertiary/aromatic N) is 1. The molecule has 6 heteroatoms. The van der Waals surface area contributed by atoms with Crippen molar-refractivity contribution in [3.05, 3.63) is 23.8 Å². The molecule has 0 atom stereocenters. The average molecular weight is 389 g/mol. The molecular weight excluding hydrogens is 356 g/mol. The number of rotatable bonds is 8. The van der Waals surface area contributed by atoms with Gasteiger partial charge in [0.1, 0.15) is 0 Å². The van der Waals surface area contributed by atoms with Crippen LogP contribution < -0.4 is 14.8 Å². The van der Waals surface area contributed by atoms with Gasteiger partial charge in [-0.1, -0.05) is 19.9 Å². The first-order valence-corrected chi connectivity index (χ1v) is 10.6. The third kappa shape index (κ3) is 4.97. The lowest BCUT2D eigenvalue weighted by Gasteiger charge is -2.31. The van der Waals surface area contributed by atoms with Gasteiger partial charge < -0.3 is 19.7 Å². The van der Waals surface area contributed by atoms with Crippen LogP contribution in [0.2, 0.25) is 0 Å². The van der Waals surface area contributed by atoms with Gasteiger partial charge in [0.15, 0.2) is 11.5 Å². The molecule has 0 saturated heterocycles. The molecule has 2 amide bonds. The molecule has 1 aliphatic heterocycles. The van der Waals surface area contributed by atoms with Crippen molar-refractivity contribution in [2.45, 2.75) is 58.9 Å². The highest BCUT2D eigenvalue weighted by Crippen LogP contribution is 2.33. The number of nitrogens with one attached hydrogen (secondary N) is 1. The van der Waals surface area contributed by atoms with E-state index in [1.54, 1.807) is 0 Å². The first-order chi connectivity index (χ1) is 13.6. The molecule has 0 spiro atoms. The Morgan fingerprint density at radius 1 is 1.00 bits per heavy atom. The van der Waals surface area contributed by atoms with E-state index >= 15 is 0 Å². The van der Waals surface area contributed by atoms with Crippen LogP contribution in [0.25, 0.3) is 0 Å². The summed E-state index contributed by atoms with van der Waals surface area (Å²) in [6, 6.07) is 5.73. The first-order valence-electron chi connectivity index (χ1n) is 10.6. The predicted molar refractivity (Wildman–Crippen MR) is 107 cm³/mol. The highest BCUT2D eigenvalue weighted by atomic mass is 16.7. The standard InChI is InChI=1S/C22H32N2O4/c1-3-11-24(12-4-2)22(26)18-8-6-17(7-9-18)21(25)23-14-16-5-10-19-20(13-16)28-15-27-19/h5,10,13,17-18H,3-4,6-9,11-12,14-15H2,1-2H3,(H,23,25). The van der Waals surface area contributed by atoms with Gasteiger partial charge in [-0.2, -0.15) is 0 Å². The van der Waals surface area contributed by atoms with Crippen LogP contribution in [-0.4, -0.2) is 36.6 Å². The Balaban J connectivity index is 1.45. The number of benzene rings is 1. The molecule has 28 heavy (non-hydrogen) atoms. The molecule has 0 unspecified atom stereocenters. The number of hydrogen-bond acceptors (Lipinski definition) is 4. The zero-order valence-corrected chi connectivity index (χ0v) is 17.0. The van der Waals surface area contributed by atoms with Gasteiger partial charge in [0.25, 0.3) is 0 Å². The topological polar surface area (TPSA) is 67.9 Å². The third-order valence-corrected chi connectivity index (χ3v) is 5.65. The predicted octanol–water partition coefficient (Wildman–Crippen LogP) is 3.49. The normalized spacial score (nSPS) is 20.6. The second-order valence-corrected chi connectivity index (χ2v) is 7.78. The highest BCUT2D eigenvalue weighted by molar-refractivity contribution is 5.81. The zero-order valence-electron chi connectivity index (χ0n) is 17.0. The fourth-order valence-corrected chi connectivity index (χ4v) is 4.12. The summed E-state index contributed by atoms with van der Waals surface area (Å²) < 4.78 is 10.7. The lowest BCUT2D eigenvalue weighted by atomic mass is 9.81. The van der Waals surface area contributed by atoms with Gasteiger partial charge in [-0.25, -0.2) is 0 Å². The van der Waals surface area contributed by atoms with E-state index in [1.165, 1.54) is 0 Å². The highest BCUT2D eigenvalue weighted by Gasteiger charge is 2.31. The maximum atomic E-state index is 12.8. The molecule has 0 aromatic heterocycles. The Labute approximate surface area is 167 Å². The maximum absolute atomic E-state index is 12.8. The van der Waals surface area contributed by atoms with E-state index in [-0.39, 0.29) is 30.4 Å². The number of amides is 2. The fourth-order valence-electron chi connectivity index (χ4n) is 4.12. The Kier molecular flexibility index (Phi) is 7.18. The molecule has 1 aliphatic carbocycles. The van der Waals surface area contributed by atoms with Gasteiger partial charge in [0, 0.05) is 31.5 Å². The van der Waals surface area contributed by atoms with Crippen molar-refractivity contribution in [3.8, 4) is 11.5 Å². The molecule has 1 aromatic rings. The van der Waals surface area contributed by atoms with E-state index in [4.69, 9.17) is 9.47 Å². The smallest absolute Gasteiger partial charge is 0.231 e. The second-order valence-electron chi connectivity index (χ2n) is 7.78. The van der Waals surface area contributed by atoms with Crippen molar-refractivity contribution >= 4 is 11.8 Å². The van der Waals surface area contributed by atoms with Crippen molar-refractivity contribution < 1.29 is 19.1 Å². The summed E-state index contributed by atoms with van der Waals surface area (Å²) in [4.78, 5) is 27.3. The molecular formula is C22H32N2O4. The zero-order chi connectivity index (χ0) is 19.9. The van der Waals surface area contributed by atoms with E-state index < -0.39 is 0 Å². The Morgan fingerprint density at radius 2 is 1.64 bits per heavy atom. The quantitative estimate of drug-likeness (QED) is 0.740. The Bertz CT molecular complexity index is 677. The van der Waals surface area contributed by atoms with Crippen molar-refractivity contribution in [1.29, 1.82) is 0 Å². The van der Waals surface area contributed by atoms with Gasteiger partial charge in [-0.05, 0) is 56.2 Å². The van der Waals surface area contributed by atoms with Crippen molar-refractivity contribution in [1.82, 2.24) is 10.2 Å². The van der Waals surface area contributed by atoms with Crippen LogP contribution in [0.4, 0.5) is 0 Å². The Hall–Kier alpha value is -2.24. The number of ether oxygens (including phenoxy) is 2. The van der Waals surface area contributed by atoms with Gasteiger partial charge in [-0.15, -0.1) is 0 Å². The van der Waals surface area contributed by atoms with Crippen LogP contribution in [0.15, 0.2) is 18.2 Å². The van der Waals surface area contributed by atoms with E-state index in [0.29, 0.717) is 6.54 Å². The van der Waals surface area contributed by atoms with Gasteiger partial charge in [-0.3, -0.25) is 9.59 Å². The SMILES string of the molecule is CCCN(CCC)C(=O)C1CCC(C(=O)NCc2ccc3c(c2)OCO3)CC1. The van der Waals surface area contributed by atoms with Crippen LogP contribution in [0.5, 0.6) is 11.5 Å². The van der Waals surface area contributed by atoms with Crippen LogP contribution in [0.1, 0.15) is 57.9 Å². The average Bonchev–Trinajstić information content (AvgIpc) is 3.19. The van der Waals surface area contributed by atoms with Crippen molar-refractivity contribution in [2.75, 3.05) is 19.9 Å². The molecule has 1 fully saturated rings. The van der Waals surface area contributed by atoms with Gasteiger partial charge in [0.05, 0.1) is 0 Å². The van der Waals surface area contributed by atoms with Crippen LogP contribution in [-0.2, 0) is 16.1 Å². The number of carbonyl (C=O) groups excluding carboxylic acids is 2. The summed E-state index contributed by atoms with van der Waals surface area (Å²) in [7, 11) is 0. The molecule has 0 bridgehead atoms. The largest absolute Gasteiger partial charge is 0.454 e. The molecule has 1 saturated carbocycles. The minimum Gasteiger partial charge on any atom is -0.454 e. The lowest BCUT2D eigenvalue weighted by molar-refractivity contribution is -0.138. The van der Waals surface area contributed by atoms with E-state index in [0.717, 1.165) is 68.7 Å². The molecule has 2 aliphatic rings. The minimum atomic E-state index is 0.00357. The minimum absolute atomic E-state index is 0.00357. The number of hydrogen-bond donors (Lipinski definition) is 1. The molecule has 1 heterocycles. The molecule has 3 rings (SSSR count). The van der Waals surface area contributed by atoms with Crippen LogP contribution >= 0.6 is 0 Å². The number of carbonyl (C=O) groups is 2. The molecule has 6 nitrogen and oxygen atoms in total. The van der Waals surface area contributed by atoms with Gasteiger partial charge >= 0.3 is 0 Å².